The molecule has 0 aromatic rings. The summed E-state index contributed by atoms with van der Waals surface area (Å²) < 4.78 is 0. The predicted octanol–water partition coefficient (Wildman–Crippen LogP) is 2.70. The van der Waals surface area contributed by atoms with Crippen LogP contribution in [-0.2, 0) is 0 Å². The molecule has 0 aromatic carbocycles. The molecular weight excluding hydrogens is 136 g/mol. The van der Waals surface area contributed by atoms with E-state index in [2.05, 4.69) is 18.3 Å². The van der Waals surface area contributed by atoms with Crippen LogP contribution >= 0.6 is 0 Å². The van der Waals surface area contributed by atoms with E-state index in [-0.39, 0.29) is 0 Å². The molecule has 2 heteroatoms. The van der Waals surface area contributed by atoms with Crippen molar-refractivity contribution in [2.45, 2.75) is 20.8 Å². The standard InChI is InChI=1S/C7H8N2.C2H6/c1-6(4-8)7(2)5-9-3;1-2/h5H,1,3H2,2H3;1-2H3/b7-5-;. The maximum Gasteiger partial charge on any atom is 0.0988 e. The topological polar surface area (TPSA) is 36.1 Å². The number of aliphatic imine (C=N–C) groups is 1. The van der Waals surface area contributed by atoms with Gasteiger partial charge in [-0.1, -0.05) is 20.4 Å². The highest BCUT2D eigenvalue weighted by atomic mass is 14.6. The molecule has 11 heavy (non-hydrogen) atoms. The zero-order valence-corrected chi connectivity index (χ0v) is 7.39. The Balaban J connectivity index is 0. The number of hydrogen-bond donors (Lipinski definition) is 0. The second kappa shape index (κ2) is 8.64. The van der Waals surface area contributed by atoms with Gasteiger partial charge in [-0.25, -0.2) is 0 Å². The first-order valence-electron chi connectivity index (χ1n) is 3.44. The molecule has 0 amide bonds. The van der Waals surface area contributed by atoms with Crippen molar-refractivity contribution in [2.75, 3.05) is 0 Å². The highest BCUT2D eigenvalue weighted by molar-refractivity contribution is 5.39. The van der Waals surface area contributed by atoms with Crippen LogP contribution < -0.4 is 0 Å². The van der Waals surface area contributed by atoms with Gasteiger partial charge in [-0.3, -0.25) is 4.99 Å². The van der Waals surface area contributed by atoms with Gasteiger partial charge in [-0.2, -0.15) is 5.26 Å². The lowest BCUT2D eigenvalue weighted by molar-refractivity contribution is 1.37. The van der Waals surface area contributed by atoms with Crippen LogP contribution in [0, 0.1) is 11.3 Å². The fourth-order valence-corrected chi connectivity index (χ4v) is 0.303. The third-order valence-corrected chi connectivity index (χ3v) is 0.896. The van der Waals surface area contributed by atoms with Gasteiger partial charge < -0.3 is 0 Å². The van der Waals surface area contributed by atoms with Crippen LogP contribution in [0.3, 0.4) is 0 Å². The lowest BCUT2D eigenvalue weighted by Crippen LogP contribution is -1.75. The molecule has 0 aliphatic heterocycles. The Morgan fingerprint density at radius 2 is 2.00 bits per heavy atom. The molecule has 0 fully saturated rings. The van der Waals surface area contributed by atoms with Crippen molar-refractivity contribution in [3.05, 3.63) is 23.9 Å². The molecule has 60 valence electrons. The zero-order chi connectivity index (χ0) is 9.28. The van der Waals surface area contributed by atoms with Crippen molar-refractivity contribution < 1.29 is 0 Å². The van der Waals surface area contributed by atoms with Gasteiger partial charge >= 0.3 is 0 Å². The quantitative estimate of drug-likeness (QED) is 0.338. The summed E-state index contributed by atoms with van der Waals surface area (Å²) in [5.74, 6) is 0. The van der Waals surface area contributed by atoms with Gasteiger partial charge in [0.05, 0.1) is 6.07 Å². The molecular formula is C9H14N2. The molecule has 0 saturated carbocycles. The summed E-state index contributed by atoms with van der Waals surface area (Å²) in [4.78, 5) is 3.48. The summed E-state index contributed by atoms with van der Waals surface area (Å²) in [7, 11) is 0. The molecule has 0 aromatic heterocycles. The maximum absolute atomic E-state index is 8.28. The first-order valence-corrected chi connectivity index (χ1v) is 3.44. The summed E-state index contributed by atoms with van der Waals surface area (Å²) in [6.45, 7) is 12.5. The van der Waals surface area contributed by atoms with Gasteiger partial charge in [0.25, 0.3) is 0 Å². The van der Waals surface area contributed by atoms with E-state index in [0.29, 0.717) is 5.57 Å². The van der Waals surface area contributed by atoms with Crippen LogP contribution in [-0.4, -0.2) is 6.72 Å². The van der Waals surface area contributed by atoms with Gasteiger partial charge in [0, 0.05) is 11.8 Å². The lowest BCUT2D eigenvalue weighted by atomic mass is 10.2. The van der Waals surface area contributed by atoms with Gasteiger partial charge in [-0.05, 0) is 19.2 Å². The van der Waals surface area contributed by atoms with Crippen LogP contribution in [0.4, 0.5) is 0 Å². The summed E-state index contributed by atoms with van der Waals surface area (Å²) >= 11 is 0. The number of allylic oxidation sites excluding steroid dienone is 2. The average Bonchev–Trinajstić information content (AvgIpc) is 2.07. The molecule has 0 aliphatic carbocycles. The minimum atomic E-state index is 0.433. The SMILES string of the molecule is C=N/C=C(/C)C(=C)C#N.CC. The zero-order valence-electron chi connectivity index (χ0n) is 7.39. The molecule has 0 rings (SSSR count). The Bertz CT molecular complexity index is 194. The molecule has 0 bridgehead atoms. The third-order valence-electron chi connectivity index (χ3n) is 0.896. The van der Waals surface area contributed by atoms with Crippen molar-refractivity contribution in [3.63, 3.8) is 0 Å². The molecule has 0 unspecified atom stereocenters. The molecule has 0 aliphatic rings. The third kappa shape index (κ3) is 6.53. The largest absolute Gasteiger partial charge is 0.272 e. The Hall–Kier alpha value is -1.36. The maximum atomic E-state index is 8.28. The summed E-state index contributed by atoms with van der Waals surface area (Å²) in [6, 6.07) is 1.90. The minimum Gasteiger partial charge on any atom is -0.272 e. The second-order valence-corrected chi connectivity index (χ2v) is 1.59. The second-order valence-electron chi connectivity index (χ2n) is 1.59. The number of nitrogens with zero attached hydrogens (tertiary/aromatic N) is 2. The average molecular weight is 150 g/mol. The van der Waals surface area contributed by atoms with Crippen LogP contribution in [0.5, 0.6) is 0 Å². The van der Waals surface area contributed by atoms with Gasteiger partial charge in [-0.15, -0.1) is 0 Å². The van der Waals surface area contributed by atoms with Crippen LogP contribution in [0.15, 0.2) is 28.9 Å². The molecule has 0 heterocycles. The highest BCUT2D eigenvalue weighted by Crippen LogP contribution is 2.03. The first-order chi connectivity index (χ1) is 5.22. The van der Waals surface area contributed by atoms with E-state index >= 15 is 0 Å². The van der Waals surface area contributed by atoms with E-state index in [1.165, 1.54) is 6.20 Å². The Morgan fingerprint density at radius 1 is 1.55 bits per heavy atom. The van der Waals surface area contributed by atoms with Crippen molar-refractivity contribution in [2.24, 2.45) is 4.99 Å². The van der Waals surface area contributed by atoms with Crippen LogP contribution in [0.2, 0.25) is 0 Å². The fraction of sp³-hybridized carbons (Fsp3) is 0.333. The number of nitriles is 1. The minimum absolute atomic E-state index is 0.433. The van der Waals surface area contributed by atoms with Crippen molar-refractivity contribution in [1.82, 2.24) is 0 Å². The van der Waals surface area contributed by atoms with Crippen molar-refractivity contribution in [3.8, 4) is 6.07 Å². The fourth-order valence-electron chi connectivity index (χ4n) is 0.303. The van der Waals surface area contributed by atoms with E-state index in [1.54, 1.807) is 6.92 Å². The smallest absolute Gasteiger partial charge is 0.0988 e. The summed E-state index contributed by atoms with van der Waals surface area (Å²) in [5.41, 5.74) is 1.19. The number of hydrogen-bond acceptors (Lipinski definition) is 2. The Morgan fingerprint density at radius 3 is 2.27 bits per heavy atom. The first kappa shape index (κ1) is 12.3. The molecule has 0 spiro atoms. The van der Waals surface area contributed by atoms with Crippen molar-refractivity contribution >= 4 is 6.72 Å². The van der Waals surface area contributed by atoms with E-state index in [1.807, 2.05) is 19.9 Å². The van der Waals surface area contributed by atoms with E-state index in [0.717, 1.165) is 5.57 Å². The normalized spacial score (nSPS) is 8.73. The highest BCUT2D eigenvalue weighted by Gasteiger charge is 1.90. The monoisotopic (exact) mass is 150 g/mol. The molecule has 0 radical (unpaired) electrons. The van der Waals surface area contributed by atoms with Crippen LogP contribution in [0.1, 0.15) is 20.8 Å². The molecule has 2 nitrogen and oxygen atoms in total. The molecule has 0 N–H and O–H groups in total. The van der Waals surface area contributed by atoms with Gasteiger partial charge in [0.15, 0.2) is 0 Å². The predicted molar refractivity (Wildman–Crippen MR) is 49.4 cm³/mol. The van der Waals surface area contributed by atoms with Gasteiger partial charge in [0.2, 0.25) is 0 Å². The van der Waals surface area contributed by atoms with E-state index in [9.17, 15) is 0 Å². The Labute approximate surface area is 68.6 Å². The summed E-state index contributed by atoms with van der Waals surface area (Å²) in [6.07, 6.45) is 1.51. The Kier molecular flexibility index (Phi) is 9.68. The number of rotatable bonds is 2. The van der Waals surface area contributed by atoms with E-state index < -0.39 is 0 Å². The molecule has 0 saturated heterocycles. The molecule has 0 atom stereocenters. The van der Waals surface area contributed by atoms with Crippen molar-refractivity contribution in [1.29, 1.82) is 5.26 Å². The summed E-state index contributed by atoms with van der Waals surface area (Å²) in [5, 5.41) is 8.28. The van der Waals surface area contributed by atoms with Gasteiger partial charge in [0.1, 0.15) is 0 Å². The van der Waals surface area contributed by atoms with E-state index in [4.69, 9.17) is 5.26 Å². The lowest BCUT2D eigenvalue weighted by Gasteiger charge is -1.89. The van der Waals surface area contributed by atoms with Crippen LogP contribution in [0.25, 0.3) is 0 Å².